The number of amides is 1. The lowest BCUT2D eigenvalue weighted by Gasteiger charge is -2.35. The SMILES string of the molecule is Cc1ccc(NC(=O)OC2CC3CCC(C2)N3C)c(-c2ccsc2)c1. The van der Waals surface area contributed by atoms with E-state index in [0.717, 1.165) is 29.7 Å². The molecule has 2 bridgehead atoms. The fourth-order valence-electron chi connectivity index (χ4n) is 4.17. The molecule has 0 aliphatic carbocycles. The van der Waals surface area contributed by atoms with E-state index in [4.69, 9.17) is 4.74 Å². The lowest BCUT2D eigenvalue weighted by atomic mass is 10.0. The zero-order chi connectivity index (χ0) is 17.4. The lowest BCUT2D eigenvalue weighted by molar-refractivity contribution is 0.0348. The van der Waals surface area contributed by atoms with Gasteiger partial charge in [0.05, 0.1) is 5.69 Å². The summed E-state index contributed by atoms with van der Waals surface area (Å²) < 4.78 is 5.75. The topological polar surface area (TPSA) is 41.6 Å². The van der Waals surface area contributed by atoms with Crippen LogP contribution in [-0.2, 0) is 4.74 Å². The summed E-state index contributed by atoms with van der Waals surface area (Å²) in [6.45, 7) is 2.06. The van der Waals surface area contributed by atoms with Crippen molar-refractivity contribution in [3.05, 3.63) is 40.6 Å². The van der Waals surface area contributed by atoms with Gasteiger partial charge in [-0.3, -0.25) is 5.32 Å². The zero-order valence-corrected chi connectivity index (χ0v) is 15.5. The molecule has 3 heterocycles. The van der Waals surface area contributed by atoms with Gasteiger partial charge in [0.2, 0.25) is 0 Å². The molecule has 1 aromatic heterocycles. The molecule has 2 saturated heterocycles. The number of nitrogens with one attached hydrogen (secondary N) is 1. The van der Waals surface area contributed by atoms with Crippen molar-refractivity contribution >= 4 is 23.1 Å². The molecule has 0 saturated carbocycles. The molecular formula is C20H24N2O2S. The van der Waals surface area contributed by atoms with Gasteiger partial charge in [-0.05, 0) is 61.3 Å². The van der Waals surface area contributed by atoms with Crippen molar-refractivity contribution in [2.45, 2.75) is 50.8 Å². The summed E-state index contributed by atoms with van der Waals surface area (Å²) in [5, 5.41) is 7.11. The van der Waals surface area contributed by atoms with Crippen LogP contribution < -0.4 is 5.32 Å². The number of carbonyl (C=O) groups is 1. The molecule has 2 fully saturated rings. The van der Waals surface area contributed by atoms with E-state index in [1.807, 2.05) is 17.5 Å². The van der Waals surface area contributed by atoms with E-state index in [1.54, 1.807) is 11.3 Å². The standard InChI is InChI=1S/C20H24N2O2S/c1-13-3-6-19(18(9-13)14-7-8-25-12-14)21-20(23)24-17-10-15-4-5-16(11-17)22(15)2/h3,6-9,12,15-17H,4-5,10-11H2,1-2H3,(H,21,23). The average Bonchev–Trinajstić information content (AvgIpc) is 3.16. The number of thiophene rings is 1. The second-order valence-corrected chi connectivity index (χ2v) is 8.02. The second-order valence-electron chi connectivity index (χ2n) is 7.24. The van der Waals surface area contributed by atoms with E-state index in [1.165, 1.54) is 18.4 Å². The summed E-state index contributed by atoms with van der Waals surface area (Å²) in [5.41, 5.74) is 4.15. The predicted molar refractivity (Wildman–Crippen MR) is 102 cm³/mol. The van der Waals surface area contributed by atoms with Gasteiger partial charge in [0.1, 0.15) is 6.10 Å². The number of fused-ring (bicyclic) bond motifs is 2. The molecule has 2 atom stereocenters. The minimum atomic E-state index is -0.339. The number of hydrogen-bond acceptors (Lipinski definition) is 4. The number of nitrogens with zero attached hydrogens (tertiary/aromatic N) is 1. The molecular weight excluding hydrogens is 332 g/mol. The summed E-state index contributed by atoms with van der Waals surface area (Å²) in [4.78, 5) is 14.9. The molecule has 4 nitrogen and oxygen atoms in total. The molecule has 25 heavy (non-hydrogen) atoms. The quantitative estimate of drug-likeness (QED) is 0.851. The van der Waals surface area contributed by atoms with E-state index in [-0.39, 0.29) is 12.2 Å². The summed E-state index contributed by atoms with van der Waals surface area (Å²) in [6, 6.07) is 9.29. The van der Waals surface area contributed by atoms with Crippen molar-refractivity contribution in [2.75, 3.05) is 12.4 Å². The minimum Gasteiger partial charge on any atom is -0.446 e. The van der Waals surface area contributed by atoms with Crippen LogP contribution in [0.1, 0.15) is 31.2 Å². The molecule has 2 aromatic rings. The van der Waals surface area contributed by atoms with Crippen LogP contribution in [0.4, 0.5) is 10.5 Å². The third kappa shape index (κ3) is 3.44. The van der Waals surface area contributed by atoms with E-state index in [2.05, 4.69) is 41.7 Å². The molecule has 2 unspecified atom stereocenters. The second kappa shape index (κ2) is 6.81. The van der Waals surface area contributed by atoms with Crippen molar-refractivity contribution in [1.82, 2.24) is 4.90 Å². The molecule has 1 aromatic carbocycles. The van der Waals surface area contributed by atoms with Gasteiger partial charge in [-0.1, -0.05) is 11.6 Å². The Hall–Kier alpha value is -1.85. The van der Waals surface area contributed by atoms with Crippen molar-refractivity contribution in [3.8, 4) is 11.1 Å². The predicted octanol–water partition coefficient (Wildman–Crippen LogP) is 4.90. The van der Waals surface area contributed by atoms with E-state index in [9.17, 15) is 4.79 Å². The number of anilines is 1. The first-order valence-electron chi connectivity index (χ1n) is 8.93. The van der Waals surface area contributed by atoms with E-state index < -0.39 is 0 Å². The van der Waals surface area contributed by atoms with Crippen LogP contribution in [0.15, 0.2) is 35.0 Å². The Morgan fingerprint density at radius 2 is 2.00 bits per heavy atom. The average molecular weight is 356 g/mol. The van der Waals surface area contributed by atoms with Gasteiger partial charge in [0.25, 0.3) is 0 Å². The Labute approximate surface area is 152 Å². The Kier molecular flexibility index (Phi) is 4.52. The first-order valence-corrected chi connectivity index (χ1v) is 9.87. The van der Waals surface area contributed by atoms with Gasteiger partial charge >= 0.3 is 6.09 Å². The van der Waals surface area contributed by atoms with Gasteiger partial charge in [-0.2, -0.15) is 11.3 Å². The van der Waals surface area contributed by atoms with Crippen molar-refractivity contribution in [3.63, 3.8) is 0 Å². The first kappa shape index (κ1) is 16.6. The summed E-state index contributed by atoms with van der Waals surface area (Å²) in [6.07, 6.45) is 4.04. The molecule has 132 valence electrons. The molecule has 4 rings (SSSR count). The monoisotopic (exact) mass is 356 g/mol. The minimum absolute atomic E-state index is 0.0312. The molecule has 0 radical (unpaired) electrons. The summed E-state index contributed by atoms with van der Waals surface area (Å²) in [5.74, 6) is 0. The van der Waals surface area contributed by atoms with Crippen LogP contribution >= 0.6 is 11.3 Å². The number of piperidine rings is 1. The van der Waals surface area contributed by atoms with E-state index in [0.29, 0.717) is 12.1 Å². The van der Waals surface area contributed by atoms with E-state index >= 15 is 0 Å². The van der Waals surface area contributed by atoms with Crippen molar-refractivity contribution < 1.29 is 9.53 Å². The maximum Gasteiger partial charge on any atom is 0.411 e. The normalized spacial score (nSPS) is 25.8. The van der Waals surface area contributed by atoms with Crippen LogP contribution in [0.25, 0.3) is 11.1 Å². The Morgan fingerprint density at radius 1 is 1.24 bits per heavy atom. The molecule has 1 amide bonds. The van der Waals surface area contributed by atoms with Gasteiger partial charge < -0.3 is 9.64 Å². The number of rotatable bonds is 3. The first-order chi connectivity index (χ1) is 12.1. The van der Waals surface area contributed by atoms with Crippen LogP contribution in [0.3, 0.4) is 0 Å². The van der Waals surface area contributed by atoms with Crippen LogP contribution in [0, 0.1) is 6.92 Å². The molecule has 2 aliphatic heterocycles. The third-order valence-electron chi connectivity index (χ3n) is 5.57. The van der Waals surface area contributed by atoms with Gasteiger partial charge in [0, 0.05) is 30.5 Å². The molecule has 1 N–H and O–H groups in total. The van der Waals surface area contributed by atoms with Crippen LogP contribution in [-0.4, -0.2) is 36.2 Å². The molecule has 5 heteroatoms. The molecule has 2 aliphatic rings. The van der Waals surface area contributed by atoms with Gasteiger partial charge in [-0.15, -0.1) is 0 Å². The van der Waals surface area contributed by atoms with Crippen LogP contribution in [0.2, 0.25) is 0 Å². The highest BCUT2D eigenvalue weighted by Gasteiger charge is 2.39. The van der Waals surface area contributed by atoms with Gasteiger partial charge in [-0.25, -0.2) is 4.79 Å². The Bertz CT molecular complexity index is 745. The number of carbonyl (C=O) groups excluding carboxylic acids is 1. The number of aryl methyl sites for hydroxylation is 1. The highest BCUT2D eigenvalue weighted by molar-refractivity contribution is 7.08. The van der Waals surface area contributed by atoms with Gasteiger partial charge in [0.15, 0.2) is 0 Å². The zero-order valence-electron chi connectivity index (χ0n) is 14.7. The van der Waals surface area contributed by atoms with Crippen LogP contribution in [0.5, 0.6) is 0 Å². The highest BCUT2D eigenvalue weighted by atomic mass is 32.1. The highest BCUT2D eigenvalue weighted by Crippen LogP contribution is 2.36. The third-order valence-corrected chi connectivity index (χ3v) is 6.26. The fourth-order valence-corrected chi connectivity index (χ4v) is 4.83. The number of hydrogen-bond donors (Lipinski definition) is 1. The number of ether oxygens (including phenoxy) is 1. The van der Waals surface area contributed by atoms with Crippen molar-refractivity contribution in [1.29, 1.82) is 0 Å². The summed E-state index contributed by atoms with van der Waals surface area (Å²) in [7, 11) is 2.19. The fraction of sp³-hybridized carbons (Fsp3) is 0.450. The largest absolute Gasteiger partial charge is 0.446 e. The summed E-state index contributed by atoms with van der Waals surface area (Å²) >= 11 is 1.66. The maximum absolute atomic E-state index is 12.5. The smallest absolute Gasteiger partial charge is 0.411 e. The Morgan fingerprint density at radius 3 is 2.68 bits per heavy atom. The number of benzene rings is 1. The lowest BCUT2D eigenvalue weighted by Crippen LogP contribution is -2.43. The van der Waals surface area contributed by atoms with Crippen molar-refractivity contribution in [2.24, 2.45) is 0 Å². The molecule has 0 spiro atoms. The Balaban J connectivity index is 1.45. The maximum atomic E-state index is 12.5.